The minimum atomic E-state index is -0.592. The van der Waals surface area contributed by atoms with Crippen LogP contribution in [0.1, 0.15) is 83.1 Å². The van der Waals surface area contributed by atoms with E-state index in [0.29, 0.717) is 60.6 Å². The van der Waals surface area contributed by atoms with E-state index in [0.717, 1.165) is 6.61 Å². The van der Waals surface area contributed by atoms with Gasteiger partial charge in [0.2, 0.25) is 0 Å². The maximum Gasteiger partial charge on any atom is 0.168 e. The summed E-state index contributed by atoms with van der Waals surface area (Å²) in [6.45, 7) is 29.1. The lowest BCUT2D eigenvalue weighted by Crippen LogP contribution is -2.55. The summed E-state index contributed by atoms with van der Waals surface area (Å²) in [5.74, 6) is 3.01. The van der Waals surface area contributed by atoms with Gasteiger partial charge in [-0.15, -0.1) is 0 Å². The Morgan fingerprint density at radius 1 is 0.676 bits per heavy atom. The first-order valence-corrected chi connectivity index (χ1v) is 13.9. The van der Waals surface area contributed by atoms with Gasteiger partial charge in [-0.25, -0.2) is 0 Å². The lowest BCUT2D eigenvalue weighted by molar-refractivity contribution is -0.335. The van der Waals surface area contributed by atoms with Crippen molar-refractivity contribution in [3.63, 3.8) is 0 Å². The Hall–Kier alpha value is -0.200. The highest BCUT2D eigenvalue weighted by atomic mass is 16.7. The second kappa shape index (κ2) is 10.7. The zero-order valence-electron chi connectivity index (χ0n) is 24.1. The van der Waals surface area contributed by atoms with Gasteiger partial charge in [-0.1, -0.05) is 69.2 Å². The van der Waals surface area contributed by atoms with Crippen LogP contribution >= 0.6 is 0 Å². The van der Waals surface area contributed by atoms with Crippen molar-refractivity contribution in [1.29, 1.82) is 0 Å². The summed E-state index contributed by atoms with van der Waals surface area (Å²) in [6.07, 6.45) is 0.0388. The molecule has 13 atom stereocenters. The molecule has 0 saturated carbocycles. The molecule has 0 amide bonds. The monoisotopic (exact) mass is 482 g/mol. The van der Waals surface area contributed by atoms with Crippen molar-refractivity contribution in [2.45, 2.75) is 113 Å². The minimum Gasteiger partial charge on any atom is -0.375 e. The summed E-state index contributed by atoms with van der Waals surface area (Å²) in [7, 11) is 0. The fourth-order valence-corrected chi connectivity index (χ4v) is 6.25. The molecule has 3 aliphatic rings. The Labute approximate surface area is 210 Å². The largest absolute Gasteiger partial charge is 0.375 e. The van der Waals surface area contributed by atoms with Gasteiger partial charge < -0.3 is 23.7 Å². The SMILES string of the molecule is CC1OC(C)(OCC2OC(OCC3OCC(C)(C)C(C)C3C)C(C)C(C)C2C)C(C)C(C)C1C. The molecule has 3 rings (SSSR count). The number of hydrogen-bond donors (Lipinski definition) is 0. The third-order valence-electron chi connectivity index (χ3n) is 10.8. The third kappa shape index (κ3) is 5.54. The highest BCUT2D eigenvalue weighted by Gasteiger charge is 2.48. The average molecular weight is 483 g/mol. The maximum atomic E-state index is 6.56. The molecule has 0 radical (unpaired) electrons. The van der Waals surface area contributed by atoms with Crippen LogP contribution in [0.2, 0.25) is 0 Å². The van der Waals surface area contributed by atoms with Crippen molar-refractivity contribution in [3.8, 4) is 0 Å². The summed E-state index contributed by atoms with van der Waals surface area (Å²) in [4.78, 5) is 0. The smallest absolute Gasteiger partial charge is 0.168 e. The summed E-state index contributed by atoms with van der Waals surface area (Å²) in [5.41, 5.74) is 0.206. The van der Waals surface area contributed by atoms with Crippen LogP contribution < -0.4 is 0 Å². The third-order valence-corrected chi connectivity index (χ3v) is 10.8. The van der Waals surface area contributed by atoms with E-state index in [1.165, 1.54) is 0 Å². The summed E-state index contributed by atoms with van der Waals surface area (Å²) in [5, 5.41) is 0. The first-order chi connectivity index (χ1) is 15.7. The predicted octanol–water partition coefficient (Wildman–Crippen LogP) is 6.39. The molecular formula is C29H54O5. The van der Waals surface area contributed by atoms with Gasteiger partial charge in [0, 0.05) is 11.8 Å². The Bertz CT molecular complexity index is 667. The quantitative estimate of drug-likeness (QED) is 0.439. The van der Waals surface area contributed by atoms with Crippen LogP contribution in [0.4, 0.5) is 0 Å². The number of hydrogen-bond acceptors (Lipinski definition) is 5. The zero-order chi connectivity index (χ0) is 25.6. The van der Waals surface area contributed by atoms with E-state index in [-0.39, 0.29) is 30.0 Å². The second-order valence-corrected chi connectivity index (χ2v) is 13.1. The Balaban J connectivity index is 1.60. The van der Waals surface area contributed by atoms with Crippen molar-refractivity contribution in [2.75, 3.05) is 19.8 Å². The van der Waals surface area contributed by atoms with Gasteiger partial charge in [-0.2, -0.15) is 0 Å². The molecule has 0 aromatic carbocycles. The van der Waals surface area contributed by atoms with E-state index in [2.05, 4.69) is 83.1 Å². The molecule has 0 aromatic rings. The lowest BCUT2D eigenvalue weighted by Gasteiger charge is -2.50. The molecule has 0 aliphatic carbocycles. The van der Waals surface area contributed by atoms with Crippen LogP contribution in [0.25, 0.3) is 0 Å². The first kappa shape index (κ1) is 28.4. The molecule has 3 saturated heterocycles. The molecule has 13 unspecified atom stereocenters. The van der Waals surface area contributed by atoms with E-state index in [9.17, 15) is 0 Å². The summed E-state index contributed by atoms with van der Waals surface area (Å²) >= 11 is 0. The predicted molar refractivity (Wildman–Crippen MR) is 136 cm³/mol. The molecule has 5 nitrogen and oxygen atoms in total. The van der Waals surface area contributed by atoms with E-state index < -0.39 is 5.79 Å². The van der Waals surface area contributed by atoms with Gasteiger partial charge in [0.25, 0.3) is 0 Å². The minimum absolute atomic E-state index is 0.0173. The van der Waals surface area contributed by atoms with Crippen molar-refractivity contribution in [2.24, 2.45) is 52.8 Å². The highest BCUT2D eigenvalue weighted by Crippen LogP contribution is 2.44. The van der Waals surface area contributed by atoms with Crippen molar-refractivity contribution in [1.82, 2.24) is 0 Å². The van der Waals surface area contributed by atoms with Gasteiger partial charge in [0.1, 0.15) is 0 Å². The second-order valence-electron chi connectivity index (χ2n) is 13.1. The lowest BCUT2D eigenvalue weighted by atomic mass is 9.70. The van der Waals surface area contributed by atoms with Crippen LogP contribution in [0.5, 0.6) is 0 Å². The van der Waals surface area contributed by atoms with Gasteiger partial charge >= 0.3 is 0 Å². The molecule has 3 heterocycles. The van der Waals surface area contributed by atoms with Crippen LogP contribution in [0, 0.1) is 52.8 Å². The van der Waals surface area contributed by atoms with Crippen LogP contribution in [0.15, 0.2) is 0 Å². The topological polar surface area (TPSA) is 46.2 Å². The van der Waals surface area contributed by atoms with Gasteiger partial charge in [-0.3, -0.25) is 0 Å². The van der Waals surface area contributed by atoms with Crippen molar-refractivity contribution < 1.29 is 23.7 Å². The summed E-state index contributed by atoms with van der Waals surface area (Å²) < 4.78 is 32.2. The van der Waals surface area contributed by atoms with Gasteiger partial charge in [-0.05, 0) is 54.8 Å². The molecule has 3 aliphatic heterocycles. The zero-order valence-corrected chi connectivity index (χ0v) is 24.1. The average Bonchev–Trinajstić information content (AvgIpc) is 2.78. The Morgan fingerprint density at radius 2 is 1.32 bits per heavy atom. The number of rotatable bonds is 6. The highest BCUT2D eigenvalue weighted by molar-refractivity contribution is 4.90. The molecule has 0 aromatic heterocycles. The Kier molecular flexibility index (Phi) is 8.89. The maximum absolute atomic E-state index is 6.56. The van der Waals surface area contributed by atoms with Gasteiger partial charge in [0.05, 0.1) is 38.1 Å². The fraction of sp³-hybridized carbons (Fsp3) is 1.00. The molecule has 0 bridgehead atoms. The molecule has 3 fully saturated rings. The molecule has 200 valence electrons. The van der Waals surface area contributed by atoms with Crippen LogP contribution in [0.3, 0.4) is 0 Å². The van der Waals surface area contributed by atoms with Crippen molar-refractivity contribution in [3.05, 3.63) is 0 Å². The first-order valence-electron chi connectivity index (χ1n) is 13.9. The van der Waals surface area contributed by atoms with E-state index in [1.807, 2.05) is 0 Å². The van der Waals surface area contributed by atoms with Crippen LogP contribution in [-0.4, -0.2) is 50.2 Å². The van der Waals surface area contributed by atoms with Crippen molar-refractivity contribution >= 4 is 0 Å². The van der Waals surface area contributed by atoms with E-state index >= 15 is 0 Å². The fourth-order valence-electron chi connectivity index (χ4n) is 6.25. The molecule has 5 heteroatoms. The van der Waals surface area contributed by atoms with E-state index in [4.69, 9.17) is 23.7 Å². The molecular weight excluding hydrogens is 428 g/mol. The normalized spacial score (nSPS) is 51.9. The molecule has 34 heavy (non-hydrogen) atoms. The van der Waals surface area contributed by atoms with E-state index in [1.54, 1.807) is 0 Å². The van der Waals surface area contributed by atoms with Gasteiger partial charge in [0.15, 0.2) is 12.1 Å². The molecule has 0 spiro atoms. The van der Waals surface area contributed by atoms with Crippen LogP contribution in [-0.2, 0) is 23.7 Å². The number of ether oxygens (including phenoxy) is 5. The molecule has 0 N–H and O–H groups in total. The summed E-state index contributed by atoms with van der Waals surface area (Å²) in [6, 6.07) is 0. The Morgan fingerprint density at radius 3 is 1.97 bits per heavy atom. The standard InChI is InChI=1S/C29H54O5/c1-16-19(4)26(14-32-29(12)23(8)17(2)18(3)24(9)34-29)33-27(20(16)5)30-13-25-21(6)22(7)28(10,11)15-31-25/h16-27H,13-15H2,1-12H3.